The number of rotatable bonds is 2. The number of halogens is 3. The van der Waals surface area contributed by atoms with E-state index in [2.05, 4.69) is 21.0 Å². The van der Waals surface area contributed by atoms with Crippen LogP contribution >= 0.6 is 15.9 Å². The van der Waals surface area contributed by atoms with E-state index < -0.39 is 17.7 Å². The number of aromatic nitrogens is 2. The average molecular weight is 302 g/mol. The van der Waals surface area contributed by atoms with Crippen molar-refractivity contribution in [1.82, 2.24) is 9.78 Å². The molecule has 1 heterocycles. The molecule has 0 radical (unpaired) electrons. The Morgan fingerprint density at radius 2 is 1.94 bits per heavy atom. The van der Waals surface area contributed by atoms with Crippen molar-refractivity contribution in [2.45, 2.75) is 6.04 Å². The van der Waals surface area contributed by atoms with Crippen LogP contribution in [-0.2, 0) is 7.05 Å². The first kappa shape index (κ1) is 12.2. The molecule has 1 aromatic heterocycles. The Bertz CT molecular complexity index is 530. The molecule has 0 bridgehead atoms. The monoisotopic (exact) mass is 301 g/mol. The summed E-state index contributed by atoms with van der Waals surface area (Å²) in [6.45, 7) is 0. The van der Waals surface area contributed by atoms with Gasteiger partial charge in [-0.25, -0.2) is 8.78 Å². The van der Waals surface area contributed by atoms with Crippen molar-refractivity contribution < 1.29 is 8.78 Å². The molecule has 1 unspecified atom stereocenters. The zero-order valence-corrected chi connectivity index (χ0v) is 10.6. The van der Waals surface area contributed by atoms with Gasteiger partial charge in [-0.15, -0.1) is 0 Å². The van der Waals surface area contributed by atoms with Crippen LogP contribution in [0.15, 0.2) is 28.9 Å². The number of nitrogens with two attached hydrogens (primary N) is 1. The van der Waals surface area contributed by atoms with Gasteiger partial charge in [0.25, 0.3) is 0 Å². The number of hydrogen-bond donors (Lipinski definition) is 1. The predicted octanol–water partition coefficient (Wildman–Crippen LogP) is 2.51. The van der Waals surface area contributed by atoms with Gasteiger partial charge in [0, 0.05) is 23.3 Å². The maximum atomic E-state index is 13.7. The molecule has 0 saturated heterocycles. The van der Waals surface area contributed by atoms with E-state index in [1.54, 1.807) is 13.1 Å². The highest BCUT2D eigenvalue weighted by atomic mass is 79.9. The highest BCUT2D eigenvalue weighted by Gasteiger charge is 2.21. The number of benzene rings is 1. The molecule has 0 spiro atoms. The molecule has 2 aromatic rings. The first-order valence-electron chi connectivity index (χ1n) is 4.88. The van der Waals surface area contributed by atoms with Crippen molar-refractivity contribution in [3.8, 4) is 0 Å². The normalized spacial score (nSPS) is 12.8. The zero-order chi connectivity index (χ0) is 12.6. The lowest BCUT2D eigenvalue weighted by Crippen LogP contribution is -2.19. The maximum Gasteiger partial charge on any atom is 0.132 e. The molecule has 0 amide bonds. The molecule has 0 fully saturated rings. The second kappa shape index (κ2) is 4.54. The third-order valence-corrected chi connectivity index (χ3v) is 2.99. The summed E-state index contributed by atoms with van der Waals surface area (Å²) >= 11 is 3.02. The number of hydrogen-bond acceptors (Lipinski definition) is 2. The van der Waals surface area contributed by atoms with Crippen LogP contribution in [0.5, 0.6) is 0 Å². The quantitative estimate of drug-likeness (QED) is 0.926. The van der Waals surface area contributed by atoms with E-state index in [9.17, 15) is 8.78 Å². The Kier molecular flexibility index (Phi) is 3.26. The molecule has 1 atom stereocenters. The van der Waals surface area contributed by atoms with Gasteiger partial charge in [0.05, 0.1) is 11.7 Å². The highest BCUT2D eigenvalue weighted by Crippen LogP contribution is 2.27. The molecule has 0 saturated carbocycles. The van der Waals surface area contributed by atoms with Crippen molar-refractivity contribution in [1.29, 1.82) is 0 Å². The Morgan fingerprint density at radius 3 is 2.41 bits per heavy atom. The van der Waals surface area contributed by atoms with E-state index in [1.807, 2.05) is 0 Å². The fraction of sp³-hybridized carbons (Fsp3) is 0.182. The first-order valence-corrected chi connectivity index (χ1v) is 5.68. The van der Waals surface area contributed by atoms with E-state index in [0.717, 1.165) is 0 Å². The topological polar surface area (TPSA) is 43.8 Å². The molecule has 3 nitrogen and oxygen atoms in total. The van der Waals surface area contributed by atoms with Crippen LogP contribution < -0.4 is 5.73 Å². The summed E-state index contributed by atoms with van der Waals surface area (Å²) in [5.41, 5.74) is 6.25. The van der Waals surface area contributed by atoms with Gasteiger partial charge in [-0.2, -0.15) is 5.10 Å². The maximum absolute atomic E-state index is 13.7. The lowest BCUT2D eigenvalue weighted by molar-refractivity contribution is 0.532. The van der Waals surface area contributed by atoms with E-state index in [0.29, 0.717) is 10.2 Å². The molecule has 0 aliphatic rings. The number of nitrogens with zero attached hydrogens (tertiary/aromatic N) is 2. The Labute approximate surface area is 105 Å². The van der Waals surface area contributed by atoms with Crippen molar-refractivity contribution in [2.75, 3.05) is 0 Å². The lowest BCUT2D eigenvalue weighted by Gasteiger charge is -2.14. The fourth-order valence-corrected chi connectivity index (χ4v) is 2.09. The second-order valence-corrected chi connectivity index (χ2v) is 4.56. The average Bonchev–Trinajstić information content (AvgIpc) is 2.62. The summed E-state index contributed by atoms with van der Waals surface area (Å²) in [5, 5.41) is 3.92. The molecular weight excluding hydrogens is 292 g/mol. The zero-order valence-electron chi connectivity index (χ0n) is 8.99. The van der Waals surface area contributed by atoms with E-state index in [1.165, 1.54) is 23.0 Å². The Hall–Kier alpha value is -1.27. The van der Waals surface area contributed by atoms with Gasteiger partial charge in [-0.3, -0.25) is 4.68 Å². The lowest BCUT2D eigenvalue weighted by atomic mass is 10.0. The van der Waals surface area contributed by atoms with Crippen molar-refractivity contribution in [2.24, 2.45) is 12.8 Å². The van der Waals surface area contributed by atoms with Crippen LogP contribution in [0.25, 0.3) is 0 Å². The van der Waals surface area contributed by atoms with Gasteiger partial charge < -0.3 is 5.73 Å². The van der Waals surface area contributed by atoms with Crippen LogP contribution in [0.2, 0.25) is 0 Å². The third kappa shape index (κ3) is 2.23. The molecule has 17 heavy (non-hydrogen) atoms. The molecule has 6 heteroatoms. The van der Waals surface area contributed by atoms with Crippen molar-refractivity contribution in [3.05, 3.63) is 51.8 Å². The molecule has 2 rings (SSSR count). The molecule has 0 aliphatic heterocycles. The summed E-state index contributed by atoms with van der Waals surface area (Å²) in [5.74, 6) is -1.35. The summed E-state index contributed by atoms with van der Waals surface area (Å²) in [6.07, 6.45) is 1.53. The van der Waals surface area contributed by atoms with Gasteiger partial charge in [0.2, 0.25) is 0 Å². The summed E-state index contributed by atoms with van der Waals surface area (Å²) in [7, 11) is 1.67. The molecule has 1 aromatic carbocycles. The van der Waals surface area contributed by atoms with Crippen LogP contribution in [0, 0.1) is 11.6 Å². The smallest absolute Gasteiger partial charge is 0.132 e. The summed E-state index contributed by atoms with van der Waals surface area (Å²) < 4.78 is 29.2. The third-order valence-electron chi connectivity index (χ3n) is 2.53. The standard InChI is InChI=1S/C11H10BrF2N3/c1-17-9(2-3-16-17)11(15)10-7(13)4-6(12)5-8(10)14/h2-5,11H,15H2,1H3. The highest BCUT2D eigenvalue weighted by molar-refractivity contribution is 9.10. The van der Waals surface area contributed by atoms with Crippen molar-refractivity contribution >= 4 is 15.9 Å². The van der Waals surface area contributed by atoms with Gasteiger partial charge in [0.1, 0.15) is 11.6 Å². The van der Waals surface area contributed by atoms with Gasteiger partial charge in [-0.1, -0.05) is 15.9 Å². The molecule has 90 valence electrons. The van der Waals surface area contributed by atoms with E-state index in [-0.39, 0.29) is 5.56 Å². The van der Waals surface area contributed by atoms with Crippen molar-refractivity contribution in [3.63, 3.8) is 0 Å². The first-order chi connectivity index (χ1) is 8.00. The Morgan fingerprint density at radius 1 is 1.35 bits per heavy atom. The predicted molar refractivity (Wildman–Crippen MR) is 63.3 cm³/mol. The molecular formula is C11H10BrF2N3. The van der Waals surface area contributed by atoms with Gasteiger partial charge >= 0.3 is 0 Å². The van der Waals surface area contributed by atoms with Crippen LogP contribution in [0.3, 0.4) is 0 Å². The minimum Gasteiger partial charge on any atom is -0.319 e. The van der Waals surface area contributed by atoms with Gasteiger partial charge in [-0.05, 0) is 18.2 Å². The summed E-state index contributed by atoms with van der Waals surface area (Å²) in [6, 6.07) is 3.13. The number of aryl methyl sites for hydroxylation is 1. The SMILES string of the molecule is Cn1nccc1C(N)c1c(F)cc(Br)cc1F. The van der Waals surface area contributed by atoms with Crippen LogP contribution in [0.1, 0.15) is 17.3 Å². The van der Waals surface area contributed by atoms with E-state index in [4.69, 9.17) is 5.73 Å². The molecule has 2 N–H and O–H groups in total. The largest absolute Gasteiger partial charge is 0.319 e. The second-order valence-electron chi connectivity index (χ2n) is 3.64. The molecule has 0 aliphatic carbocycles. The minimum absolute atomic E-state index is 0.156. The van der Waals surface area contributed by atoms with Crippen LogP contribution in [0.4, 0.5) is 8.78 Å². The minimum atomic E-state index is -0.879. The van der Waals surface area contributed by atoms with E-state index >= 15 is 0 Å². The Balaban J connectivity index is 2.51. The summed E-state index contributed by atoms with van der Waals surface area (Å²) in [4.78, 5) is 0. The van der Waals surface area contributed by atoms with Crippen LogP contribution in [-0.4, -0.2) is 9.78 Å². The fourth-order valence-electron chi connectivity index (χ4n) is 1.69. The van der Waals surface area contributed by atoms with Gasteiger partial charge in [0.15, 0.2) is 0 Å².